The van der Waals surface area contributed by atoms with Crippen LogP contribution in [0.5, 0.6) is 5.75 Å². The largest absolute Gasteiger partial charge is 0.495 e. The van der Waals surface area contributed by atoms with Crippen molar-refractivity contribution in [3.05, 3.63) is 83.8 Å². The molecule has 2 aromatic carbocycles. The maximum absolute atomic E-state index is 12.9. The first-order chi connectivity index (χ1) is 12.7. The molecule has 3 rings (SSSR count). The number of anilines is 1. The Labute approximate surface area is 153 Å². The van der Waals surface area contributed by atoms with Crippen LogP contribution in [-0.2, 0) is 13.1 Å². The zero-order valence-corrected chi connectivity index (χ0v) is 14.9. The summed E-state index contributed by atoms with van der Waals surface area (Å²) in [5.74, 6) is 1.36. The van der Waals surface area contributed by atoms with E-state index in [0.717, 1.165) is 16.9 Å². The number of furan rings is 1. The number of benzene rings is 2. The molecule has 0 saturated heterocycles. The van der Waals surface area contributed by atoms with E-state index in [0.29, 0.717) is 24.5 Å². The Kier molecular flexibility index (Phi) is 5.59. The van der Waals surface area contributed by atoms with Crippen molar-refractivity contribution in [2.75, 3.05) is 12.4 Å². The van der Waals surface area contributed by atoms with Gasteiger partial charge < -0.3 is 19.4 Å². The van der Waals surface area contributed by atoms with Crippen LogP contribution in [0.1, 0.15) is 16.9 Å². The summed E-state index contributed by atoms with van der Waals surface area (Å²) in [6.45, 7) is 2.83. The molecule has 0 aliphatic heterocycles. The van der Waals surface area contributed by atoms with Crippen LogP contribution in [0, 0.1) is 6.92 Å². The molecule has 0 spiro atoms. The first-order valence-corrected chi connectivity index (χ1v) is 8.42. The Morgan fingerprint density at radius 2 is 1.88 bits per heavy atom. The number of nitrogens with one attached hydrogen (secondary N) is 1. The molecular weight excluding hydrogens is 328 g/mol. The van der Waals surface area contributed by atoms with Crippen LogP contribution in [-0.4, -0.2) is 18.0 Å². The standard InChI is InChI=1S/C21H22N2O3/c1-16-10-11-19(20(13-16)25-2)22-21(24)23(15-18-9-6-12-26-18)14-17-7-4-3-5-8-17/h3-13H,14-15H2,1-2H3,(H,22,24). The van der Waals surface area contributed by atoms with E-state index in [1.165, 1.54) is 0 Å². The second-order valence-electron chi connectivity index (χ2n) is 6.05. The van der Waals surface area contributed by atoms with Crippen molar-refractivity contribution < 1.29 is 13.9 Å². The topological polar surface area (TPSA) is 54.7 Å². The van der Waals surface area contributed by atoms with Gasteiger partial charge in [0.1, 0.15) is 11.5 Å². The van der Waals surface area contributed by atoms with Crippen molar-refractivity contribution in [3.63, 3.8) is 0 Å². The normalized spacial score (nSPS) is 10.4. The molecule has 2 amide bonds. The Morgan fingerprint density at radius 1 is 1.08 bits per heavy atom. The lowest BCUT2D eigenvalue weighted by molar-refractivity contribution is 0.201. The van der Waals surface area contributed by atoms with Crippen LogP contribution in [0.25, 0.3) is 0 Å². The third-order valence-electron chi connectivity index (χ3n) is 4.03. The molecule has 5 nitrogen and oxygen atoms in total. The number of ether oxygens (including phenoxy) is 1. The minimum atomic E-state index is -0.215. The number of urea groups is 1. The molecule has 0 saturated carbocycles. The van der Waals surface area contributed by atoms with Gasteiger partial charge in [0.05, 0.1) is 25.6 Å². The van der Waals surface area contributed by atoms with Gasteiger partial charge in [-0.2, -0.15) is 0 Å². The Hall–Kier alpha value is -3.21. The van der Waals surface area contributed by atoms with E-state index >= 15 is 0 Å². The van der Waals surface area contributed by atoms with Crippen LogP contribution >= 0.6 is 0 Å². The molecule has 1 aromatic heterocycles. The molecule has 0 bridgehead atoms. The van der Waals surface area contributed by atoms with E-state index in [9.17, 15) is 4.79 Å². The molecule has 5 heteroatoms. The second-order valence-corrected chi connectivity index (χ2v) is 6.05. The Balaban J connectivity index is 1.80. The van der Waals surface area contributed by atoms with Gasteiger partial charge >= 0.3 is 6.03 Å². The highest BCUT2D eigenvalue weighted by atomic mass is 16.5. The molecule has 26 heavy (non-hydrogen) atoms. The van der Waals surface area contributed by atoms with Crippen molar-refractivity contribution in [2.24, 2.45) is 0 Å². The molecule has 3 aromatic rings. The van der Waals surface area contributed by atoms with Gasteiger partial charge in [0.15, 0.2) is 0 Å². The highest BCUT2D eigenvalue weighted by molar-refractivity contribution is 5.91. The number of methoxy groups -OCH3 is 1. The Morgan fingerprint density at radius 3 is 2.58 bits per heavy atom. The third-order valence-corrected chi connectivity index (χ3v) is 4.03. The van der Waals surface area contributed by atoms with Gasteiger partial charge in [0, 0.05) is 6.54 Å². The van der Waals surface area contributed by atoms with Gasteiger partial charge in [-0.1, -0.05) is 36.4 Å². The number of amides is 2. The molecule has 0 radical (unpaired) electrons. The number of nitrogens with zero attached hydrogens (tertiary/aromatic N) is 1. The summed E-state index contributed by atoms with van der Waals surface area (Å²) < 4.78 is 10.8. The molecule has 0 unspecified atom stereocenters. The quantitative estimate of drug-likeness (QED) is 0.693. The zero-order valence-electron chi connectivity index (χ0n) is 14.9. The lowest BCUT2D eigenvalue weighted by Gasteiger charge is -2.23. The number of carbonyl (C=O) groups is 1. The molecule has 1 N–H and O–H groups in total. The molecule has 0 atom stereocenters. The maximum Gasteiger partial charge on any atom is 0.322 e. The SMILES string of the molecule is COc1cc(C)ccc1NC(=O)N(Cc1ccccc1)Cc1ccco1. The Bertz CT molecular complexity index is 845. The summed E-state index contributed by atoms with van der Waals surface area (Å²) >= 11 is 0. The van der Waals surface area contributed by atoms with Crippen LogP contribution in [0.15, 0.2) is 71.3 Å². The number of carbonyl (C=O) groups excluding carboxylic acids is 1. The van der Waals surface area contributed by atoms with E-state index < -0.39 is 0 Å². The van der Waals surface area contributed by atoms with Crippen LogP contribution in [0.3, 0.4) is 0 Å². The predicted octanol–water partition coefficient (Wildman–Crippen LogP) is 4.83. The van der Waals surface area contributed by atoms with Crippen LogP contribution in [0.2, 0.25) is 0 Å². The molecule has 1 heterocycles. The number of aryl methyl sites for hydroxylation is 1. The van der Waals surface area contributed by atoms with Crippen LogP contribution in [0.4, 0.5) is 10.5 Å². The number of rotatable bonds is 6. The summed E-state index contributed by atoms with van der Waals surface area (Å²) in [7, 11) is 1.59. The summed E-state index contributed by atoms with van der Waals surface area (Å²) in [4.78, 5) is 14.6. The average Bonchev–Trinajstić information content (AvgIpc) is 3.16. The lowest BCUT2D eigenvalue weighted by Crippen LogP contribution is -2.34. The lowest BCUT2D eigenvalue weighted by atomic mass is 10.2. The van der Waals surface area contributed by atoms with Crippen molar-refractivity contribution in [1.82, 2.24) is 4.90 Å². The van der Waals surface area contributed by atoms with E-state index in [4.69, 9.17) is 9.15 Å². The summed E-state index contributed by atoms with van der Waals surface area (Å²) in [5.41, 5.74) is 2.75. The van der Waals surface area contributed by atoms with Gasteiger partial charge in [-0.3, -0.25) is 0 Å². The van der Waals surface area contributed by atoms with Gasteiger partial charge in [-0.25, -0.2) is 4.79 Å². The smallest absolute Gasteiger partial charge is 0.322 e. The first kappa shape index (κ1) is 17.6. The minimum Gasteiger partial charge on any atom is -0.495 e. The molecule has 0 aliphatic carbocycles. The fourth-order valence-corrected chi connectivity index (χ4v) is 2.69. The highest BCUT2D eigenvalue weighted by Gasteiger charge is 2.17. The van der Waals surface area contributed by atoms with E-state index in [1.54, 1.807) is 18.3 Å². The zero-order chi connectivity index (χ0) is 18.4. The summed E-state index contributed by atoms with van der Waals surface area (Å²) in [6.07, 6.45) is 1.61. The number of hydrogen-bond acceptors (Lipinski definition) is 3. The van der Waals surface area contributed by atoms with Gasteiger partial charge in [-0.15, -0.1) is 0 Å². The van der Waals surface area contributed by atoms with Crippen molar-refractivity contribution in [2.45, 2.75) is 20.0 Å². The van der Waals surface area contributed by atoms with Crippen molar-refractivity contribution in [1.29, 1.82) is 0 Å². The predicted molar refractivity (Wildman–Crippen MR) is 101 cm³/mol. The minimum absolute atomic E-state index is 0.215. The molecule has 134 valence electrons. The fourth-order valence-electron chi connectivity index (χ4n) is 2.69. The summed E-state index contributed by atoms with van der Waals surface area (Å²) in [6, 6.07) is 19.0. The number of hydrogen-bond donors (Lipinski definition) is 1. The third kappa shape index (κ3) is 4.45. The highest BCUT2D eigenvalue weighted by Crippen LogP contribution is 2.26. The fraction of sp³-hybridized carbons (Fsp3) is 0.190. The van der Waals surface area contributed by atoms with Gasteiger partial charge in [0.2, 0.25) is 0 Å². The second kappa shape index (κ2) is 8.25. The first-order valence-electron chi connectivity index (χ1n) is 8.42. The monoisotopic (exact) mass is 350 g/mol. The van der Waals surface area contributed by atoms with E-state index in [2.05, 4.69) is 5.32 Å². The molecule has 0 fully saturated rings. The average molecular weight is 350 g/mol. The van der Waals surface area contributed by atoms with Gasteiger partial charge in [-0.05, 0) is 42.3 Å². The van der Waals surface area contributed by atoms with Gasteiger partial charge in [0.25, 0.3) is 0 Å². The van der Waals surface area contributed by atoms with Crippen LogP contribution < -0.4 is 10.1 Å². The van der Waals surface area contributed by atoms with Crippen molar-refractivity contribution in [3.8, 4) is 5.75 Å². The van der Waals surface area contributed by atoms with E-state index in [-0.39, 0.29) is 6.03 Å². The van der Waals surface area contributed by atoms with Crippen molar-refractivity contribution >= 4 is 11.7 Å². The maximum atomic E-state index is 12.9. The summed E-state index contributed by atoms with van der Waals surface area (Å²) in [5, 5.41) is 2.94. The van der Waals surface area contributed by atoms with E-state index in [1.807, 2.05) is 67.6 Å². The molecule has 0 aliphatic rings. The molecular formula is C21H22N2O3.